The van der Waals surface area contributed by atoms with Crippen LogP contribution in [0.4, 0.5) is 0 Å². The van der Waals surface area contributed by atoms with E-state index in [-0.39, 0.29) is 5.41 Å². The Morgan fingerprint density at radius 3 is 2.26 bits per heavy atom. The molecular weight excluding hydrogens is 278 g/mol. The molecule has 0 bridgehead atoms. The van der Waals surface area contributed by atoms with Crippen LogP contribution in [0.5, 0.6) is 0 Å². The summed E-state index contributed by atoms with van der Waals surface area (Å²) in [5.41, 5.74) is 6.75. The summed E-state index contributed by atoms with van der Waals surface area (Å²) in [6.45, 7) is 11.5. The van der Waals surface area contributed by atoms with Crippen molar-refractivity contribution in [1.82, 2.24) is 4.98 Å². The molecule has 0 saturated heterocycles. The van der Waals surface area contributed by atoms with Gasteiger partial charge in [0, 0.05) is 22.0 Å². The minimum absolute atomic E-state index is 0.00401. The van der Waals surface area contributed by atoms with Crippen LogP contribution in [0.2, 0.25) is 0 Å². The summed E-state index contributed by atoms with van der Waals surface area (Å²) in [6.07, 6.45) is 1.09. The second-order valence-electron chi connectivity index (χ2n) is 7.08. The van der Waals surface area contributed by atoms with E-state index in [1.807, 2.05) is 0 Å². The van der Waals surface area contributed by atoms with Gasteiger partial charge >= 0.3 is 0 Å². The molecule has 3 aromatic rings. The van der Waals surface area contributed by atoms with Crippen LogP contribution in [0.25, 0.3) is 10.9 Å². The van der Waals surface area contributed by atoms with Crippen molar-refractivity contribution in [3.8, 4) is 0 Å². The summed E-state index contributed by atoms with van der Waals surface area (Å²) in [6, 6.07) is 17.9. The van der Waals surface area contributed by atoms with E-state index in [1.165, 1.54) is 33.3 Å². The first-order chi connectivity index (χ1) is 11.0. The highest BCUT2D eigenvalue weighted by atomic mass is 14.7. The Labute approximate surface area is 139 Å². The first-order valence-corrected chi connectivity index (χ1v) is 8.65. The normalized spacial score (nSPS) is 14.3. The van der Waals surface area contributed by atoms with Crippen molar-refractivity contribution in [2.24, 2.45) is 5.92 Å². The van der Waals surface area contributed by atoms with E-state index in [2.05, 4.69) is 88.1 Å². The van der Waals surface area contributed by atoms with E-state index in [0.29, 0.717) is 5.92 Å². The smallest absolute Gasteiger partial charge is 0.0459 e. The lowest BCUT2D eigenvalue weighted by molar-refractivity contribution is 0.406. The molecule has 0 fully saturated rings. The quantitative estimate of drug-likeness (QED) is 0.608. The van der Waals surface area contributed by atoms with Gasteiger partial charge < -0.3 is 4.98 Å². The van der Waals surface area contributed by atoms with Gasteiger partial charge in [-0.05, 0) is 42.0 Å². The highest BCUT2D eigenvalue weighted by Crippen LogP contribution is 2.43. The number of hydrogen-bond acceptors (Lipinski definition) is 0. The predicted octanol–water partition coefficient (Wildman–Crippen LogP) is 6.00. The zero-order chi connectivity index (χ0) is 16.6. The van der Waals surface area contributed by atoms with Crippen LogP contribution in [0.15, 0.2) is 48.5 Å². The van der Waals surface area contributed by atoms with Crippen molar-refractivity contribution < 1.29 is 0 Å². The Hall–Kier alpha value is -2.02. The maximum Gasteiger partial charge on any atom is 0.0459 e. The van der Waals surface area contributed by atoms with Crippen LogP contribution in [0.1, 0.15) is 50.1 Å². The average Bonchev–Trinajstić information content (AvgIpc) is 2.90. The van der Waals surface area contributed by atoms with Crippen LogP contribution in [0, 0.1) is 12.8 Å². The highest BCUT2D eigenvalue weighted by molar-refractivity contribution is 5.86. The number of nitrogens with one attached hydrogen (secondary N) is 1. The standard InChI is InChI=1S/C22H27N/c1-6-17-11-13-18(14-12-17)22(5,15(2)3)21-16(4)23-20-10-8-7-9-19(20)21/h7-15,23H,6H2,1-5H3. The van der Waals surface area contributed by atoms with Crippen molar-refractivity contribution in [2.75, 3.05) is 0 Å². The molecule has 1 atom stereocenters. The molecule has 0 radical (unpaired) electrons. The number of para-hydroxylation sites is 1. The number of hydrogen-bond donors (Lipinski definition) is 1. The summed E-state index contributed by atoms with van der Waals surface area (Å²) in [5, 5.41) is 1.35. The summed E-state index contributed by atoms with van der Waals surface area (Å²) in [7, 11) is 0. The van der Waals surface area contributed by atoms with Gasteiger partial charge in [-0.1, -0.05) is 70.2 Å². The van der Waals surface area contributed by atoms with Gasteiger partial charge in [0.05, 0.1) is 0 Å². The molecule has 0 amide bonds. The molecule has 3 rings (SSSR count). The van der Waals surface area contributed by atoms with Crippen molar-refractivity contribution in [3.05, 3.63) is 70.9 Å². The van der Waals surface area contributed by atoms with Gasteiger partial charge in [0.1, 0.15) is 0 Å². The zero-order valence-corrected chi connectivity index (χ0v) is 14.9. The minimum atomic E-state index is -0.00401. The molecule has 1 N–H and O–H groups in total. The lowest BCUT2D eigenvalue weighted by atomic mass is 9.67. The largest absolute Gasteiger partial charge is 0.358 e. The number of aromatic nitrogens is 1. The Balaban J connectivity index is 2.25. The third-order valence-electron chi connectivity index (χ3n) is 5.53. The van der Waals surface area contributed by atoms with Gasteiger partial charge in [0.2, 0.25) is 0 Å². The highest BCUT2D eigenvalue weighted by Gasteiger charge is 2.36. The lowest BCUT2D eigenvalue weighted by Crippen LogP contribution is -2.30. The summed E-state index contributed by atoms with van der Waals surface area (Å²) < 4.78 is 0. The Kier molecular flexibility index (Phi) is 4.06. The van der Waals surface area contributed by atoms with Gasteiger partial charge in [0.15, 0.2) is 0 Å². The number of benzene rings is 2. The van der Waals surface area contributed by atoms with Gasteiger partial charge in [-0.2, -0.15) is 0 Å². The summed E-state index contributed by atoms with van der Waals surface area (Å²) in [5.74, 6) is 0.507. The number of H-pyrrole nitrogens is 1. The number of fused-ring (bicyclic) bond motifs is 1. The van der Waals surface area contributed by atoms with Crippen molar-refractivity contribution in [3.63, 3.8) is 0 Å². The molecule has 120 valence electrons. The topological polar surface area (TPSA) is 15.8 Å². The van der Waals surface area contributed by atoms with Crippen molar-refractivity contribution in [1.29, 1.82) is 0 Å². The number of aryl methyl sites for hydroxylation is 2. The molecule has 1 aromatic heterocycles. The minimum Gasteiger partial charge on any atom is -0.358 e. The number of aromatic amines is 1. The van der Waals surface area contributed by atoms with Gasteiger partial charge in [-0.15, -0.1) is 0 Å². The van der Waals surface area contributed by atoms with E-state index in [1.54, 1.807) is 0 Å². The third kappa shape index (κ3) is 2.49. The zero-order valence-electron chi connectivity index (χ0n) is 14.9. The van der Waals surface area contributed by atoms with Crippen LogP contribution in [-0.4, -0.2) is 4.98 Å². The molecule has 23 heavy (non-hydrogen) atoms. The van der Waals surface area contributed by atoms with Crippen LogP contribution in [-0.2, 0) is 11.8 Å². The first kappa shape index (κ1) is 15.9. The third-order valence-corrected chi connectivity index (χ3v) is 5.53. The Morgan fingerprint density at radius 1 is 1.00 bits per heavy atom. The Morgan fingerprint density at radius 2 is 1.65 bits per heavy atom. The fourth-order valence-corrected chi connectivity index (χ4v) is 3.80. The molecule has 1 unspecified atom stereocenters. The molecule has 0 aliphatic carbocycles. The van der Waals surface area contributed by atoms with Crippen LogP contribution < -0.4 is 0 Å². The van der Waals surface area contributed by atoms with Gasteiger partial charge in [0.25, 0.3) is 0 Å². The molecule has 0 aliphatic heterocycles. The fourth-order valence-electron chi connectivity index (χ4n) is 3.80. The molecular formula is C22H27N. The predicted molar refractivity (Wildman–Crippen MR) is 100 cm³/mol. The molecule has 0 saturated carbocycles. The lowest BCUT2D eigenvalue weighted by Gasteiger charge is -2.35. The van der Waals surface area contributed by atoms with E-state index in [0.717, 1.165) is 6.42 Å². The fraction of sp³-hybridized carbons (Fsp3) is 0.364. The molecule has 1 heterocycles. The second-order valence-corrected chi connectivity index (χ2v) is 7.08. The van der Waals surface area contributed by atoms with E-state index in [4.69, 9.17) is 0 Å². The summed E-state index contributed by atoms with van der Waals surface area (Å²) in [4.78, 5) is 3.58. The summed E-state index contributed by atoms with van der Waals surface area (Å²) >= 11 is 0. The molecule has 1 heteroatoms. The monoisotopic (exact) mass is 305 g/mol. The first-order valence-electron chi connectivity index (χ1n) is 8.65. The molecule has 1 nitrogen and oxygen atoms in total. The maximum atomic E-state index is 3.58. The van der Waals surface area contributed by atoms with E-state index in [9.17, 15) is 0 Å². The van der Waals surface area contributed by atoms with Gasteiger partial charge in [-0.3, -0.25) is 0 Å². The second kappa shape index (κ2) is 5.88. The number of rotatable bonds is 4. The van der Waals surface area contributed by atoms with Crippen molar-refractivity contribution >= 4 is 10.9 Å². The molecule has 0 aliphatic rings. The average molecular weight is 305 g/mol. The van der Waals surface area contributed by atoms with Gasteiger partial charge in [-0.25, -0.2) is 0 Å². The van der Waals surface area contributed by atoms with E-state index < -0.39 is 0 Å². The van der Waals surface area contributed by atoms with E-state index >= 15 is 0 Å². The SMILES string of the molecule is CCc1ccc(C(C)(c2c(C)[nH]c3ccccc23)C(C)C)cc1. The van der Waals surface area contributed by atoms with Crippen LogP contribution in [0.3, 0.4) is 0 Å². The molecule has 2 aromatic carbocycles. The Bertz CT molecular complexity index is 808. The molecule has 0 spiro atoms. The van der Waals surface area contributed by atoms with Crippen LogP contribution >= 0.6 is 0 Å². The maximum absolute atomic E-state index is 3.58. The van der Waals surface area contributed by atoms with Crippen molar-refractivity contribution in [2.45, 2.75) is 46.5 Å².